The number of carbonyl (C=O) groups is 1. The molecule has 0 amide bonds. The SMILES string of the molecule is CN(C)/C=C(/C(=O)c1ccc(C(F)(F)F)cc1)c1ccccc1Cl. The van der Waals surface area contributed by atoms with Crippen LogP contribution in [0.1, 0.15) is 21.5 Å². The number of carbonyl (C=O) groups excluding carboxylic acids is 1. The number of hydrogen-bond donors (Lipinski definition) is 0. The first-order valence-corrected chi connectivity index (χ1v) is 7.43. The van der Waals surface area contributed by atoms with E-state index in [1.54, 1.807) is 49.5 Å². The Morgan fingerprint density at radius 1 is 1.04 bits per heavy atom. The van der Waals surface area contributed by atoms with Crippen LogP contribution in [0.4, 0.5) is 13.2 Å². The van der Waals surface area contributed by atoms with Gasteiger partial charge in [-0.05, 0) is 18.2 Å². The van der Waals surface area contributed by atoms with Gasteiger partial charge in [0.25, 0.3) is 0 Å². The van der Waals surface area contributed by atoms with E-state index >= 15 is 0 Å². The maximum Gasteiger partial charge on any atom is 0.416 e. The molecule has 0 bridgehead atoms. The Morgan fingerprint density at radius 3 is 2.12 bits per heavy atom. The van der Waals surface area contributed by atoms with E-state index in [1.807, 2.05) is 0 Å². The number of alkyl halides is 3. The van der Waals surface area contributed by atoms with E-state index in [0.717, 1.165) is 12.1 Å². The molecule has 0 fully saturated rings. The zero-order chi connectivity index (χ0) is 17.9. The molecule has 2 rings (SSSR count). The van der Waals surface area contributed by atoms with Crippen LogP contribution in [0.2, 0.25) is 5.02 Å². The molecule has 0 aliphatic rings. The lowest BCUT2D eigenvalue weighted by Crippen LogP contribution is -2.10. The van der Waals surface area contributed by atoms with Crippen LogP contribution in [0.15, 0.2) is 54.7 Å². The minimum atomic E-state index is -4.44. The highest BCUT2D eigenvalue weighted by Gasteiger charge is 2.30. The fourth-order valence-electron chi connectivity index (χ4n) is 2.15. The molecule has 0 aliphatic heterocycles. The first-order chi connectivity index (χ1) is 11.2. The summed E-state index contributed by atoms with van der Waals surface area (Å²) in [4.78, 5) is 14.4. The first kappa shape index (κ1) is 18.1. The molecule has 6 heteroatoms. The molecular weight excluding hydrogens is 339 g/mol. The van der Waals surface area contributed by atoms with Crippen molar-refractivity contribution in [2.24, 2.45) is 0 Å². The van der Waals surface area contributed by atoms with Gasteiger partial charge in [-0.1, -0.05) is 41.9 Å². The van der Waals surface area contributed by atoms with Crippen molar-refractivity contribution >= 4 is 23.0 Å². The van der Waals surface area contributed by atoms with Crippen molar-refractivity contribution in [3.8, 4) is 0 Å². The molecule has 0 aromatic heterocycles. The van der Waals surface area contributed by atoms with Crippen molar-refractivity contribution in [2.45, 2.75) is 6.18 Å². The standard InChI is InChI=1S/C18H15ClF3NO/c1-23(2)11-15(14-5-3-4-6-16(14)19)17(24)12-7-9-13(10-8-12)18(20,21)22/h3-11H,1-2H3/b15-11+. The predicted molar refractivity (Wildman–Crippen MR) is 88.9 cm³/mol. The fraction of sp³-hybridized carbons (Fsp3) is 0.167. The van der Waals surface area contributed by atoms with Crippen molar-refractivity contribution in [1.29, 1.82) is 0 Å². The van der Waals surface area contributed by atoms with E-state index in [0.29, 0.717) is 16.2 Å². The van der Waals surface area contributed by atoms with Crippen LogP contribution in [0.5, 0.6) is 0 Å². The Balaban J connectivity index is 2.45. The molecule has 0 aliphatic carbocycles. The molecule has 2 aromatic rings. The molecule has 0 heterocycles. The number of ketones is 1. The number of halogens is 4. The number of hydrogen-bond acceptors (Lipinski definition) is 2. The van der Waals surface area contributed by atoms with E-state index in [4.69, 9.17) is 11.6 Å². The third-order valence-corrected chi connectivity index (χ3v) is 3.60. The van der Waals surface area contributed by atoms with Gasteiger partial charge in [-0.3, -0.25) is 4.79 Å². The van der Waals surface area contributed by atoms with Gasteiger partial charge < -0.3 is 4.90 Å². The Morgan fingerprint density at radius 2 is 1.62 bits per heavy atom. The van der Waals surface area contributed by atoms with Gasteiger partial charge in [0.05, 0.1) is 5.56 Å². The van der Waals surface area contributed by atoms with Crippen molar-refractivity contribution in [1.82, 2.24) is 4.90 Å². The molecule has 24 heavy (non-hydrogen) atoms. The fourth-order valence-corrected chi connectivity index (χ4v) is 2.39. The highest BCUT2D eigenvalue weighted by molar-refractivity contribution is 6.37. The third kappa shape index (κ3) is 4.17. The topological polar surface area (TPSA) is 20.3 Å². The Hall–Kier alpha value is -2.27. The normalized spacial score (nSPS) is 12.2. The number of Topliss-reactive ketones (excluding diaryl/α,β-unsaturated/α-hetero) is 1. The minimum Gasteiger partial charge on any atom is -0.383 e. The molecule has 2 aromatic carbocycles. The molecule has 0 spiro atoms. The van der Waals surface area contributed by atoms with Gasteiger partial charge in [0, 0.05) is 42.0 Å². The monoisotopic (exact) mass is 353 g/mol. The molecule has 0 N–H and O–H groups in total. The second-order valence-corrected chi connectivity index (χ2v) is 5.80. The summed E-state index contributed by atoms with van der Waals surface area (Å²) >= 11 is 6.16. The van der Waals surface area contributed by atoms with E-state index < -0.39 is 17.5 Å². The van der Waals surface area contributed by atoms with Gasteiger partial charge in [-0.2, -0.15) is 13.2 Å². The summed E-state index contributed by atoms with van der Waals surface area (Å²) in [5.41, 5.74) is 0.203. The van der Waals surface area contributed by atoms with Crippen LogP contribution in [0.3, 0.4) is 0 Å². The Kier molecular flexibility index (Phi) is 5.34. The van der Waals surface area contributed by atoms with E-state index in [1.165, 1.54) is 12.1 Å². The smallest absolute Gasteiger partial charge is 0.383 e. The number of benzene rings is 2. The van der Waals surface area contributed by atoms with Crippen LogP contribution in [0.25, 0.3) is 5.57 Å². The third-order valence-electron chi connectivity index (χ3n) is 3.27. The molecule has 0 unspecified atom stereocenters. The summed E-state index contributed by atoms with van der Waals surface area (Å²) in [6.07, 6.45) is -2.84. The van der Waals surface area contributed by atoms with E-state index in [-0.39, 0.29) is 5.56 Å². The lowest BCUT2D eigenvalue weighted by molar-refractivity contribution is -0.137. The second-order valence-electron chi connectivity index (χ2n) is 5.39. The van der Waals surface area contributed by atoms with Gasteiger partial charge >= 0.3 is 6.18 Å². The molecular formula is C18H15ClF3NO. The van der Waals surface area contributed by atoms with Gasteiger partial charge in [0.1, 0.15) is 0 Å². The zero-order valence-electron chi connectivity index (χ0n) is 13.1. The quantitative estimate of drug-likeness (QED) is 0.560. The van der Waals surface area contributed by atoms with Crippen molar-refractivity contribution in [3.05, 3.63) is 76.4 Å². The van der Waals surface area contributed by atoms with E-state index in [9.17, 15) is 18.0 Å². The molecule has 0 radical (unpaired) electrons. The Labute approximate surface area is 143 Å². The predicted octanol–water partition coefficient (Wildman–Crippen LogP) is 5.14. The minimum absolute atomic E-state index is 0.163. The van der Waals surface area contributed by atoms with Gasteiger partial charge in [-0.25, -0.2) is 0 Å². The second kappa shape index (κ2) is 7.09. The maximum atomic E-state index is 12.8. The summed E-state index contributed by atoms with van der Waals surface area (Å²) in [5, 5.41) is 0.394. The first-order valence-electron chi connectivity index (χ1n) is 7.05. The summed E-state index contributed by atoms with van der Waals surface area (Å²) < 4.78 is 37.9. The van der Waals surface area contributed by atoms with E-state index in [2.05, 4.69) is 0 Å². The van der Waals surface area contributed by atoms with Crippen LogP contribution >= 0.6 is 11.6 Å². The summed E-state index contributed by atoms with van der Waals surface area (Å²) in [7, 11) is 3.49. The molecule has 0 saturated heterocycles. The highest BCUT2D eigenvalue weighted by Crippen LogP contribution is 2.31. The average molecular weight is 354 g/mol. The molecule has 126 valence electrons. The molecule has 2 nitrogen and oxygen atoms in total. The highest BCUT2D eigenvalue weighted by atomic mass is 35.5. The van der Waals surface area contributed by atoms with Crippen molar-refractivity contribution in [2.75, 3.05) is 14.1 Å². The van der Waals surface area contributed by atoms with Gasteiger partial charge in [0.15, 0.2) is 5.78 Å². The van der Waals surface area contributed by atoms with Crippen molar-refractivity contribution < 1.29 is 18.0 Å². The molecule has 0 atom stereocenters. The summed E-state index contributed by atoms with van der Waals surface area (Å²) in [6.45, 7) is 0. The largest absolute Gasteiger partial charge is 0.416 e. The summed E-state index contributed by atoms with van der Waals surface area (Å²) in [6, 6.07) is 11.0. The number of nitrogens with zero attached hydrogens (tertiary/aromatic N) is 1. The van der Waals surface area contributed by atoms with Crippen LogP contribution in [0, 0.1) is 0 Å². The average Bonchev–Trinajstić information content (AvgIpc) is 2.52. The number of allylic oxidation sites excluding steroid dienone is 1. The summed E-state index contributed by atoms with van der Waals surface area (Å²) in [5.74, 6) is -0.398. The lowest BCUT2D eigenvalue weighted by Gasteiger charge is -2.14. The molecule has 0 saturated carbocycles. The maximum absolute atomic E-state index is 12.8. The zero-order valence-corrected chi connectivity index (χ0v) is 13.8. The Bertz CT molecular complexity index is 765. The van der Waals surface area contributed by atoms with Gasteiger partial charge in [-0.15, -0.1) is 0 Å². The van der Waals surface area contributed by atoms with Gasteiger partial charge in [0.2, 0.25) is 0 Å². The lowest BCUT2D eigenvalue weighted by atomic mass is 9.96. The van der Waals surface area contributed by atoms with Crippen LogP contribution in [-0.2, 0) is 6.18 Å². The van der Waals surface area contributed by atoms with Crippen LogP contribution in [-0.4, -0.2) is 24.8 Å². The number of rotatable bonds is 4. The van der Waals surface area contributed by atoms with Crippen LogP contribution < -0.4 is 0 Å². The van der Waals surface area contributed by atoms with Crippen molar-refractivity contribution in [3.63, 3.8) is 0 Å².